The average molecular weight is 313 g/mol. The van der Waals surface area contributed by atoms with Gasteiger partial charge in [0.05, 0.1) is 12.0 Å². The summed E-state index contributed by atoms with van der Waals surface area (Å²) in [4.78, 5) is 11.4. The van der Waals surface area contributed by atoms with Crippen molar-refractivity contribution in [2.24, 2.45) is 29.4 Å². The third-order valence-corrected chi connectivity index (χ3v) is 5.11. The maximum Gasteiger partial charge on any atom is 0.309 e. The molecule has 5 atom stereocenters. The van der Waals surface area contributed by atoms with E-state index in [1.54, 1.807) is 0 Å². The zero-order chi connectivity index (χ0) is 16.9. The summed E-state index contributed by atoms with van der Waals surface area (Å²) in [5.74, 6) is -1.46. The summed E-state index contributed by atoms with van der Waals surface area (Å²) in [6.45, 7) is 6.39. The number of guanidine groups is 1. The van der Waals surface area contributed by atoms with Gasteiger partial charge in [0.25, 0.3) is 0 Å². The molecule has 6 N–H and O–H groups in total. The molecule has 0 aliphatic heterocycles. The molecule has 22 heavy (non-hydrogen) atoms. The van der Waals surface area contributed by atoms with E-state index >= 15 is 0 Å². The van der Waals surface area contributed by atoms with E-state index in [0.29, 0.717) is 12.3 Å². The maximum atomic E-state index is 11.4. The Morgan fingerprint density at radius 1 is 1.36 bits per heavy atom. The fourth-order valence-corrected chi connectivity index (χ4v) is 4.08. The minimum Gasteiger partial charge on any atom is -0.481 e. The van der Waals surface area contributed by atoms with Crippen LogP contribution in [0.15, 0.2) is 0 Å². The molecule has 0 bridgehead atoms. The number of rotatable bonds is 8. The summed E-state index contributed by atoms with van der Waals surface area (Å²) in [6, 6.07) is -0.250. The van der Waals surface area contributed by atoms with Gasteiger partial charge in [-0.05, 0) is 18.3 Å². The molecule has 0 aromatic carbocycles. The van der Waals surface area contributed by atoms with Crippen molar-refractivity contribution in [3.05, 3.63) is 0 Å². The van der Waals surface area contributed by atoms with Gasteiger partial charge in [-0.15, -0.1) is 0 Å². The second kappa shape index (κ2) is 8.36. The SMILES string of the molecule is CCCC(CCC)C(C)C1C(NC(=N)N)CC(C(=O)O)C1O. The highest BCUT2D eigenvalue weighted by atomic mass is 16.4. The van der Waals surface area contributed by atoms with Gasteiger partial charge in [-0.2, -0.15) is 0 Å². The fraction of sp³-hybridized carbons (Fsp3) is 0.875. The van der Waals surface area contributed by atoms with E-state index in [2.05, 4.69) is 26.1 Å². The summed E-state index contributed by atoms with van der Waals surface area (Å²) in [7, 11) is 0. The van der Waals surface area contributed by atoms with Crippen molar-refractivity contribution in [3.8, 4) is 0 Å². The molecule has 0 heterocycles. The summed E-state index contributed by atoms with van der Waals surface area (Å²) in [5.41, 5.74) is 5.44. The standard InChI is InChI=1S/C16H31N3O3/c1-4-6-10(7-5-2)9(3)13-12(19-16(17)18)8-11(14(13)20)15(21)22/h9-14,20H,4-8H2,1-3H3,(H,21,22)(H4,17,18,19). The van der Waals surface area contributed by atoms with E-state index in [4.69, 9.17) is 11.1 Å². The lowest BCUT2D eigenvalue weighted by molar-refractivity contribution is -0.145. The second-order valence-electron chi connectivity index (χ2n) is 6.61. The van der Waals surface area contributed by atoms with E-state index < -0.39 is 18.0 Å². The minimum absolute atomic E-state index is 0.164. The van der Waals surface area contributed by atoms with Crippen LogP contribution in [0.1, 0.15) is 52.9 Å². The Balaban J connectivity index is 2.97. The highest BCUT2D eigenvalue weighted by Gasteiger charge is 2.49. The first-order valence-corrected chi connectivity index (χ1v) is 8.34. The van der Waals surface area contributed by atoms with E-state index in [1.807, 2.05) is 0 Å². The molecule has 0 amide bonds. The fourth-order valence-electron chi connectivity index (χ4n) is 4.08. The van der Waals surface area contributed by atoms with Crippen LogP contribution in [0.5, 0.6) is 0 Å². The van der Waals surface area contributed by atoms with Gasteiger partial charge < -0.3 is 21.3 Å². The van der Waals surface area contributed by atoms with Crippen LogP contribution in [-0.2, 0) is 4.79 Å². The van der Waals surface area contributed by atoms with Crippen molar-refractivity contribution in [1.29, 1.82) is 5.41 Å². The molecule has 0 aromatic rings. The van der Waals surface area contributed by atoms with Gasteiger partial charge in [-0.25, -0.2) is 0 Å². The second-order valence-corrected chi connectivity index (χ2v) is 6.61. The van der Waals surface area contributed by atoms with E-state index in [9.17, 15) is 15.0 Å². The number of carboxylic acids is 1. The first-order chi connectivity index (χ1) is 10.3. The van der Waals surface area contributed by atoms with Crippen LogP contribution >= 0.6 is 0 Å². The molecule has 0 radical (unpaired) electrons. The molecule has 5 unspecified atom stereocenters. The molecule has 1 rings (SSSR count). The zero-order valence-corrected chi connectivity index (χ0v) is 13.9. The predicted octanol–water partition coefficient (Wildman–Crippen LogP) is 1.77. The van der Waals surface area contributed by atoms with Gasteiger partial charge in [0, 0.05) is 12.0 Å². The molecule has 1 fully saturated rings. The lowest BCUT2D eigenvalue weighted by atomic mass is 9.75. The first kappa shape index (κ1) is 18.7. The molecule has 6 heteroatoms. The van der Waals surface area contributed by atoms with Gasteiger partial charge in [-0.3, -0.25) is 10.2 Å². The van der Waals surface area contributed by atoms with Crippen LogP contribution in [0, 0.1) is 29.1 Å². The molecule has 0 aromatic heterocycles. The highest BCUT2D eigenvalue weighted by molar-refractivity contribution is 5.75. The maximum absolute atomic E-state index is 11.4. The van der Waals surface area contributed by atoms with Gasteiger partial charge in [0.2, 0.25) is 0 Å². The van der Waals surface area contributed by atoms with Gasteiger partial charge in [-0.1, -0.05) is 46.5 Å². The van der Waals surface area contributed by atoms with E-state index in [-0.39, 0.29) is 23.8 Å². The van der Waals surface area contributed by atoms with Crippen molar-refractivity contribution in [3.63, 3.8) is 0 Å². The number of nitrogens with one attached hydrogen (secondary N) is 2. The molecule has 128 valence electrons. The monoisotopic (exact) mass is 313 g/mol. The molecule has 1 aliphatic carbocycles. The van der Waals surface area contributed by atoms with Crippen LogP contribution in [-0.4, -0.2) is 34.3 Å². The van der Waals surface area contributed by atoms with Gasteiger partial charge in [0.15, 0.2) is 5.96 Å². The first-order valence-electron chi connectivity index (χ1n) is 8.34. The smallest absolute Gasteiger partial charge is 0.309 e. The normalized spacial score (nSPS) is 29.5. The Morgan fingerprint density at radius 3 is 2.32 bits per heavy atom. The Kier molecular flexibility index (Phi) is 7.13. The summed E-state index contributed by atoms with van der Waals surface area (Å²) in [5, 5.41) is 30.1. The van der Waals surface area contributed by atoms with Crippen molar-refractivity contribution < 1.29 is 15.0 Å². The topological polar surface area (TPSA) is 119 Å². The van der Waals surface area contributed by atoms with Crippen molar-refractivity contribution in [2.75, 3.05) is 0 Å². The van der Waals surface area contributed by atoms with Gasteiger partial charge in [0.1, 0.15) is 0 Å². The third kappa shape index (κ3) is 4.35. The number of aliphatic hydroxyl groups excluding tert-OH is 1. The average Bonchev–Trinajstić information content (AvgIpc) is 2.74. The highest BCUT2D eigenvalue weighted by Crippen LogP contribution is 2.41. The molecule has 1 aliphatic rings. The lowest BCUT2D eigenvalue weighted by Gasteiger charge is -2.34. The number of carboxylic acid groups (broad SMARTS) is 1. The minimum atomic E-state index is -0.972. The number of hydrogen-bond donors (Lipinski definition) is 5. The van der Waals surface area contributed by atoms with Crippen molar-refractivity contribution in [2.45, 2.75) is 65.0 Å². The van der Waals surface area contributed by atoms with Crippen molar-refractivity contribution in [1.82, 2.24) is 5.32 Å². The quantitative estimate of drug-likeness (QED) is 0.345. The number of aliphatic hydroxyl groups is 1. The van der Waals surface area contributed by atoms with Gasteiger partial charge >= 0.3 is 5.97 Å². The molecular weight excluding hydrogens is 282 g/mol. The van der Waals surface area contributed by atoms with E-state index in [0.717, 1.165) is 25.7 Å². The summed E-state index contributed by atoms with van der Waals surface area (Å²) < 4.78 is 0. The zero-order valence-electron chi connectivity index (χ0n) is 13.9. The number of carbonyl (C=O) groups is 1. The predicted molar refractivity (Wildman–Crippen MR) is 86.5 cm³/mol. The lowest BCUT2D eigenvalue weighted by Crippen LogP contribution is -2.46. The Morgan fingerprint density at radius 2 is 1.91 bits per heavy atom. The Labute approximate surface area is 133 Å². The van der Waals surface area contributed by atoms with Crippen LogP contribution < -0.4 is 11.1 Å². The van der Waals surface area contributed by atoms with Crippen LogP contribution in [0.4, 0.5) is 0 Å². The Hall–Kier alpha value is -1.30. The summed E-state index contributed by atoms with van der Waals surface area (Å²) in [6.07, 6.45) is 3.72. The van der Waals surface area contributed by atoms with E-state index in [1.165, 1.54) is 0 Å². The number of nitrogens with two attached hydrogens (primary N) is 1. The molecule has 1 saturated carbocycles. The third-order valence-electron chi connectivity index (χ3n) is 5.11. The largest absolute Gasteiger partial charge is 0.481 e. The van der Waals surface area contributed by atoms with Crippen LogP contribution in [0.3, 0.4) is 0 Å². The number of aliphatic carboxylic acids is 1. The molecule has 0 spiro atoms. The summed E-state index contributed by atoms with van der Waals surface area (Å²) >= 11 is 0. The molecular formula is C16H31N3O3. The van der Waals surface area contributed by atoms with Crippen LogP contribution in [0.25, 0.3) is 0 Å². The molecule has 0 saturated heterocycles. The number of hydrogen-bond acceptors (Lipinski definition) is 3. The van der Waals surface area contributed by atoms with Crippen LogP contribution in [0.2, 0.25) is 0 Å². The van der Waals surface area contributed by atoms with Crippen molar-refractivity contribution >= 4 is 11.9 Å². The Bertz CT molecular complexity index is 383. The molecule has 6 nitrogen and oxygen atoms in total.